The first-order valence-corrected chi connectivity index (χ1v) is 10.0. The predicted molar refractivity (Wildman–Crippen MR) is 114 cm³/mol. The van der Waals surface area contributed by atoms with Gasteiger partial charge in [0, 0.05) is 35.8 Å². The Morgan fingerprint density at radius 3 is 2.43 bits per heavy atom. The first kappa shape index (κ1) is 21.0. The molecule has 0 aliphatic heterocycles. The van der Waals surface area contributed by atoms with Crippen LogP contribution in [0.25, 0.3) is 11.3 Å². The number of carboxylic acids is 1. The highest BCUT2D eigenvalue weighted by Crippen LogP contribution is 2.25. The Morgan fingerprint density at radius 1 is 1.10 bits per heavy atom. The van der Waals surface area contributed by atoms with Crippen LogP contribution in [0.15, 0.2) is 53.7 Å². The van der Waals surface area contributed by atoms with Crippen molar-refractivity contribution >= 4 is 35.2 Å². The maximum Gasteiger partial charge on any atom is 0.339 e. The van der Waals surface area contributed by atoms with Crippen LogP contribution in [-0.4, -0.2) is 50.3 Å². The number of rotatable bonds is 9. The minimum atomic E-state index is -1.10. The van der Waals surface area contributed by atoms with Gasteiger partial charge in [0.2, 0.25) is 5.95 Å². The van der Waals surface area contributed by atoms with E-state index in [-0.39, 0.29) is 11.3 Å². The molecule has 3 rings (SSSR count). The average molecular weight is 426 g/mol. The van der Waals surface area contributed by atoms with Crippen molar-refractivity contribution in [1.82, 2.24) is 15.0 Å². The third-order valence-corrected chi connectivity index (χ3v) is 4.80. The summed E-state index contributed by atoms with van der Waals surface area (Å²) in [5.41, 5.74) is 0.954. The second-order valence-electron chi connectivity index (χ2n) is 6.00. The van der Waals surface area contributed by atoms with Crippen molar-refractivity contribution in [3.63, 3.8) is 0 Å². The molecule has 0 radical (unpaired) electrons. The van der Waals surface area contributed by atoms with Crippen molar-refractivity contribution in [2.75, 3.05) is 30.0 Å². The van der Waals surface area contributed by atoms with E-state index in [1.54, 1.807) is 11.8 Å². The van der Waals surface area contributed by atoms with Crippen LogP contribution in [0.5, 0.6) is 0 Å². The Labute approximate surface area is 175 Å². The zero-order valence-electron chi connectivity index (χ0n) is 15.9. The van der Waals surface area contributed by atoms with E-state index < -0.39 is 10.9 Å². The summed E-state index contributed by atoms with van der Waals surface area (Å²) in [4.78, 5) is 35.1. The number of carboxylic acid groups (broad SMARTS) is 1. The van der Waals surface area contributed by atoms with E-state index in [2.05, 4.69) is 25.6 Å². The highest BCUT2D eigenvalue weighted by atomic mass is 32.2. The number of anilines is 2. The molecule has 11 heteroatoms. The maximum atomic E-state index is 11.5. The summed E-state index contributed by atoms with van der Waals surface area (Å²) < 4.78 is 0. The number of nitro groups is 1. The van der Waals surface area contributed by atoms with Gasteiger partial charge in [-0.25, -0.2) is 19.7 Å². The molecule has 0 aliphatic rings. The molecule has 0 fully saturated rings. The number of aromatic nitrogens is 3. The van der Waals surface area contributed by atoms with Crippen molar-refractivity contribution in [2.45, 2.75) is 4.90 Å². The third-order valence-electron chi connectivity index (χ3n) is 4.06. The van der Waals surface area contributed by atoms with Crippen molar-refractivity contribution in [2.24, 2.45) is 0 Å². The zero-order chi connectivity index (χ0) is 21.5. The molecule has 30 heavy (non-hydrogen) atoms. The van der Waals surface area contributed by atoms with Gasteiger partial charge in [-0.3, -0.25) is 10.1 Å². The van der Waals surface area contributed by atoms with Crippen molar-refractivity contribution in [3.05, 3.63) is 64.5 Å². The molecule has 0 saturated carbocycles. The summed E-state index contributed by atoms with van der Waals surface area (Å²) in [7, 11) is 0. The van der Waals surface area contributed by atoms with Crippen LogP contribution in [0.2, 0.25) is 0 Å². The summed E-state index contributed by atoms with van der Waals surface area (Å²) in [5, 5.41) is 26.1. The molecule has 1 aromatic carbocycles. The van der Waals surface area contributed by atoms with E-state index in [1.165, 1.54) is 24.5 Å². The molecule has 0 amide bonds. The number of pyridine rings is 1. The molecular weight excluding hydrogens is 408 g/mol. The van der Waals surface area contributed by atoms with E-state index in [0.29, 0.717) is 36.1 Å². The highest BCUT2D eigenvalue weighted by Gasteiger charge is 2.15. The van der Waals surface area contributed by atoms with Crippen LogP contribution in [0.1, 0.15) is 10.4 Å². The summed E-state index contributed by atoms with van der Waals surface area (Å²) in [5.74, 6) is -0.307. The number of hydrogen-bond donors (Lipinski definition) is 3. The zero-order valence-corrected chi connectivity index (χ0v) is 16.7. The molecule has 2 heterocycles. The van der Waals surface area contributed by atoms with Crippen LogP contribution in [0.4, 0.5) is 17.5 Å². The molecule has 3 aromatic rings. The van der Waals surface area contributed by atoms with Gasteiger partial charge >= 0.3 is 5.97 Å². The standard InChI is InChI=1S/C19H18N6O4S/c1-30-14-5-2-12(3-6-14)17-15(18(26)27)11-23-19(24-17)21-9-8-20-16-7-4-13(10-22-16)25(28)29/h2-7,10-11H,8-9H2,1H3,(H,20,22)(H,26,27)(H,21,23,24). The number of aromatic carboxylic acids is 1. The number of nitrogens with zero attached hydrogens (tertiary/aromatic N) is 4. The Balaban J connectivity index is 1.66. The van der Waals surface area contributed by atoms with E-state index in [9.17, 15) is 20.0 Å². The van der Waals surface area contributed by atoms with Crippen molar-refractivity contribution in [1.29, 1.82) is 0 Å². The smallest absolute Gasteiger partial charge is 0.339 e. The fourth-order valence-corrected chi connectivity index (χ4v) is 2.96. The Hall–Kier alpha value is -3.73. The lowest BCUT2D eigenvalue weighted by Crippen LogP contribution is -2.16. The third kappa shape index (κ3) is 5.20. The van der Waals surface area contributed by atoms with E-state index in [1.807, 2.05) is 30.5 Å². The lowest BCUT2D eigenvalue weighted by molar-refractivity contribution is -0.385. The monoisotopic (exact) mass is 426 g/mol. The predicted octanol–water partition coefficient (Wildman–Crippen LogP) is 3.39. The van der Waals surface area contributed by atoms with Gasteiger partial charge in [-0.1, -0.05) is 12.1 Å². The van der Waals surface area contributed by atoms with Crippen LogP contribution in [-0.2, 0) is 0 Å². The minimum Gasteiger partial charge on any atom is -0.478 e. The quantitative estimate of drug-likeness (QED) is 0.201. The normalized spacial score (nSPS) is 10.4. The second kappa shape index (κ2) is 9.65. The number of benzene rings is 1. The van der Waals surface area contributed by atoms with Crippen molar-refractivity contribution in [3.8, 4) is 11.3 Å². The van der Waals surface area contributed by atoms with Gasteiger partial charge in [-0.05, 0) is 24.5 Å². The molecule has 0 saturated heterocycles. The maximum absolute atomic E-state index is 11.5. The number of nitrogens with one attached hydrogen (secondary N) is 2. The minimum absolute atomic E-state index is 0.0191. The molecule has 10 nitrogen and oxygen atoms in total. The van der Waals surface area contributed by atoms with E-state index in [0.717, 1.165) is 4.90 Å². The lowest BCUT2D eigenvalue weighted by Gasteiger charge is -2.10. The number of carbonyl (C=O) groups is 1. The molecule has 3 N–H and O–H groups in total. The molecule has 0 aliphatic carbocycles. The lowest BCUT2D eigenvalue weighted by atomic mass is 10.1. The molecule has 154 valence electrons. The van der Waals surface area contributed by atoms with Crippen LogP contribution < -0.4 is 10.6 Å². The summed E-state index contributed by atoms with van der Waals surface area (Å²) in [6.07, 6.45) is 4.42. The number of thioether (sulfide) groups is 1. The van der Waals surface area contributed by atoms with Gasteiger partial charge in [-0.2, -0.15) is 0 Å². The van der Waals surface area contributed by atoms with Gasteiger partial charge in [0.05, 0.1) is 10.6 Å². The van der Waals surface area contributed by atoms with Crippen LogP contribution >= 0.6 is 11.8 Å². The second-order valence-corrected chi connectivity index (χ2v) is 6.88. The summed E-state index contributed by atoms with van der Waals surface area (Å²) in [6, 6.07) is 10.3. The van der Waals surface area contributed by atoms with Gasteiger partial charge in [0.25, 0.3) is 5.69 Å². The summed E-state index contributed by atoms with van der Waals surface area (Å²) >= 11 is 1.59. The molecule has 0 atom stereocenters. The molecule has 2 aromatic heterocycles. The van der Waals surface area contributed by atoms with Gasteiger partial charge in [0.15, 0.2) is 0 Å². The average Bonchev–Trinajstić information content (AvgIpc) is 2.77. The van der Waals surface area contributed by atoms with E-state index >= 15 is 0 Å². The molecule has 0 bridgehead atoms. The first-order valence-electron chi connectivity index (χ1n) is 8.81. The fourth-order valence-electron chi connectivity index (χ4n) is 2.56. The van der Waals surface area contributed by atoms with Gasteiger partial charge in [-0.15, -0.1) is 11.8 Å². The first-order chi connectivity index (χ1) is 14.5. The summed E-state index contributed by atoms with van der Waals surface area (Å²) in [6.45, 7) is 0.878. The van der Waals surface area contributed by atoms with Crippen LogP contribution in [0.3, 0.4) is 0 Å². The fraction of sp³-hybridized carbons (Fsp3) is 0.158. The van der Waals surface area contributed by atoms with Gasteiger partial charge < -0.3 is 15.7 Å². The Bertz CT molecular complexity index is 1040. The Morgan fingerprint density at radius 2 is 1.83 bits per heavy atom. The topological polar surface area (TPSA) is 143 Å². The highest BCUT2D eigenvalue weighted by molar-refractivity contribution is 7.98. The van der Waals surface area contributed by atoms with Crippen LogP contribution in [0, 0.1) is 10.1 Å². The SMILES string of the molecule is CSc1ccc(-c2nc(NCCNc3ccc([N+](=O)[O-])cn3)ncc2C(=O)O)cc1. The largest absolute Gasteiger partial charge is 0.478 e. The van der Waals surface area contributed by atoms with Gasteiger partial charge in [0.1, 0.15) is 17.6 Å². The molecular formula is C19H18N6O4S. The molecule has 0 unspecified atom stereocenters. The van der Waals surface area contributed by atoms with E-state index in [4.69, 9.17) is 0 Å². The number of hydrogen-bond acceptors (Lipinski definition) is 9. The molecule has 0 spiro atoms. The Kier molecular flexibility index (Phi) is 6.75. The van der Waals surface area contributed by atoms with Crippen molar-refractivity contribution < 1.29 is 14.8 Å².